The molecule has 0 amide bonds. The second kappa shape index (κ2) is 17.4. The fourth-order valence-electron chi connectivity index (χ4n) is 1.17. The molecular weight excluding hydrogens is 300 g/mol. The minimum atomic E-state index is -0.867. The van der Waals surface area contributed by atoms with Crippen LogP contribution in [0.3, 0.4) is 0 Å². The number of carbonyl (C=O) groups is 2. The van der Waals surface area contributed by atoms with Gasteiger partial charge in [0.25, 0.3) is 0 Å². The molecule has 0 spiro atoms. The zero-order valence-electron chi connectivity index (χ0n) is 12.2. The van der Waals surface area contributed by atoms with Gasteiger partial charge in [0.15, 0.2) is 0 Å². The summed E-state index contributed by atoms with van der Waals surface area (Å²) in [6, 6.07) is 0. The maximum absolute atomic E-state index is 10.2. The Morgan fingerprint density at radius 2 is 1.33 bits per heavy atom. The molecule has 0 aromatic carbocycles. The van der Waals surface area contributed by atoms with E-state index in [0.29, 0.717) is 52.0 Å². The van der Waals surface area contributed by atoms with Gasteiger partial charge in [-0.3, -0.25) is 4.79 Å². The number of carbonyl (C=O) groups excluding carboxylic acids is 1. The highest BCUT2D eigenvalue weighted by Gasteiger charge is 1.96. The molecule has 0 saturated carbocycles. The topological polar surface area (TPSA) is 91.3 Å². The lowest BCUT2D eigenvalue weighted by Crippen LogP contribution is -2.13. The molecule has 0 unspecified atom stereocenters. The van der Waals surface area contributed by atoms with E-state index in [1.54, 1.807) is 0 Å². The maximum Gasteiger partial charge on any atom is 0.305 e. The van der Waals surface area contributed by atoms with Crippen LogP contribution in [0.2, 0.25) is 0 Å². The lowest BCUT2D eigenvalue weighted by molar-refractivity contribution is -0.138. The predicted octanol–water partition coefficient (Wildman–Crippen LogP) is 0.460. The van der Waals surface area contributed by atoms with Crippen molar-refractivity contribution in [1.82, 2.24) is 0 Å². The van der Waals surface area contributed by atoms with E-state index in [0.717, 1.165) is 12.0 Å². The Bertz CT molecular complexity index is 251. The Hall–Kier alpha value is -0.670. The van der Waals surface area contributed by atoms with Gasteiger partial charge in [0, 0.05) is 11.5 Å². The van der Waals surface area contributed by atoms with E-state index in [2.05, 4.69) is 0 Å². The first-order chi connectivity index (χ1) is 10.3. The molecule has 0 atom stereocenters. The quantitative estimate of drug-likeness (QED) is 0.305. The molecule has 0 fully saturated rings. The largest absolute Gasteiger partial charge is 0.481 e. The fraction of sp³-hybridized carbons (Fsp3) is 0.846. The molecule has 0 aliphatic carbocycles. The van der Waals surface area contributed by atoms with Crippen LogP contribution in [0.25, 0.3) is 0 Å². The summed E-state index contributed by atoms with van der Waals surface area (Å²) in [6.45, 7) is 3.62. The summed E-state index contributed by atoms with van der Waals surface area (Å²) < 4.78 is 20.9. The fourth-order valence-corrected chi connectivity index (χ4v) is 1.67. The summed E-state index contributed by atoms with van der Waals surface area (Å²) in [5, 5.41) is 8.38. The van der Waals surface area contributed by atoms with Gasteiger partial charge in [-0.05, 0) is 0 Å². The Balaban J connectivity index is 2.96. The third-order valence-electron chi connectivity index (χ3n) is 2.13. The Labute approximate surface area is 129 Å². The van der Waals surface area contributed by atoms with E-state index in [1.165, 1.54) is 11.8 Å². The lowest BCUT2D eigenvalue weighted by atomic mass is 10.5. The average Bonchev–Trinajstić information content (AvgIpc) is 2.46. The number of thioether (sulfide) groups is 1. The molecular formula is C13H24O7S. The van der Waals surface area contributed by atoms with Crippen LogP contribution >= 0.6 is 11.8 Å². The smallest absolute Gasteiger partial charge is 0.305 e. The summed E-state index contributed by atoms with van der Waals surface area (Å²) in [5.41, 5.74) is 0. The summed E-state index contributed by atoms with van der Waals surface area (Å²) in [4.78, 5) is 20.2. The van der Waals surface area contributed by atoms with E-state index < -0.39 is 5.97 Å². The van der Waals surface area contributed by atoms with Crippen LogP contribution in [-0.2, 0) is 28.5 Å². The van der Waals surface area contributed by atoms with Gasteiger partial charge in [-0.2, -0.15) is 11.8 Å². The number of carboxylic acids is 1. The van der Waals surface area contributed by atoms with Crippen molar-refractivity contribution in [3.8, 4) is 0 Å². The summed E-state index contributed by atoms with van der Waals surface area (Å²) in [5.74, 6) is 0.454. The van der Waals surface area contributed by atoms with Crippen molar-refractivity contribution in [2.45, 2.75) is 6.42 Å². The van der Waals surface area contributed by atoms with Gasteiger partial charge < -0.3 is 28.8 Å². The monoisotopic (exact) mass is 324 g/mol. The first kappa shape index (κ1) is 20.3. The highest BCUT2D eigenvalue weighted by Crippen LogP contribution is 1.96. The molecule has 0 saturated heterocycles. The zero-order valence-corrected chi connectivity index (χ0v) is 13.0. The van der Waals surface area contributed by atoms with Crippen molar-refractivity contribution >= 4 is 24.0 Å². The minimum Gasteiger partial charge on any atom is -0.481 e. The normalized spacial score (nSPS) is 10.7. The Morgan fingerprint density at radius 3 is 1.81 bits per heavy atom. The van der Waals surface area contributed by atoms with E-state index >= 15 is 0 Å². The predicted molar refractivity (Wildman–Crippen MR) is 78.9 cm³/mol. The molecule has 1 N–H and O–H groups in total. The Kier molecular flexibility index (Phi) is 16.8. The standard InChI is InChI=1S/C13H24O7S/c14-2-11-21-12-10-20-9-8-19-7-6-18-5-4-17-3-1-13(15)16/h2H,1,3-12H2,(H,15,16). The lowest BCUT2D eigenvalue weighted by Gasteiger charge is -2.07. The molecule has 0 aromatic rings. The van der Waals surface area contributed by atoms with Crippen LogP contribution in [0.4, 0.5) is 0 Å². The van der Waals surface area contributed by atoms with Crippen molar-refractivity contribution in [3.63, 3.8) is 0 Å². The van der Waals surface area contributed by atoms with Crippen molar-refractivity contribution in [3.05, 3.63) is 0 Å². The summed E-state index contributed by atoms with van der Waals surface area (Å²) in [6.07, 6.45) is 0.891. The number of hydrogen-bond donors (Lipinski definition) is 1. The molecule has 0 radical (unpaired) electrons. The van der Waals surface area contributed by atoms with Crippen molar-refractivity contribution in [2.24, 2.45) is 0 Å². The molecule has 21 heavy (non-hydrogen) atoms. The van der Waals surface area contributed by atoms with Crippen LogP contribution in [-0.4, -0.2) is 81.7 Å². The first-order valence-electron chi connectivity index (χ1n) is 6.81. The molecule has 124 valence electrons. The second-order valence-electron chi connectivity index (χ2n) is 3.83. The van der Waals surface area contributed by atoms with Crippen LogP contribution in [0.5, 0.6) is 0 Å². The zero-order chi connectivity index (χ0) is 15.6. The van der Waals surface area contributed by atoms with Gasteiger partial charge in [-0.25, -0.2) is 0 Å². The number of aliphatic carboxylic acids is 1. The van der Waals surface area contributed by atoms with E-state index in [-0.39, 0.29) is 13.0 Å². The number of aldehydes is 1. The highest BCUT2D eigenvalue weighted by atomic mass is 32.2. The van der Waals surface area contributed by atoms with Gasteiger partial charge >= 0.3 is 5.97 Å². The van der Waals surface area contributed by atoms with Gasteiger partial charge in [0.2, 0.25) is 0 Å². The molecule has 8 heteroatoms. The third-order valence-corrected chi connectivity index (χ3v) is 2.96. The SMILES string of the molecule is O=CCSCCOCCOCCOCCOCCC(=O)O. The van der Waals surface area contributed by atoms with Crippen LogP contribution < -0.4 is 0 Å². The highest BCUT2D eigenvalue weighted by molar-refractivity contribution is 7.99. The summed E-state index contributed by atoms with van der Waals surface area (Å²) in [7, 11) is 0. The van der Waals surface area contributed by atoms with Crippen molar-refractivity contribution in [2.75, 3.05) is 64.4 Å². The second-order valence-corrected chi connectivity index (χ2v) is 4.98. The van der Waals surface area contributed by atoms with E-state index in [1.807, 2.05) is 0 Å². The van der Waals surface area contributed by atoms with E-state index in [4.69, 9.17) is 24.1 Å². The molecule has 7 nitrogen and oxygen atoms in total. The number of carboxylic acid groups (broad SMARTS) is 1. The Morgan fingerprint density at radius 1 is 0.857 bits per heavy atom. The minimum absolute atomic E-state index is 0.0107. The first-order valence-corrected chi connectivity index (χ1v) is 7.97. The van der Waals surface area contributed by atoms with Crippen molar-refractivity contribution < 1.29 is 33.6 Å². The average molecular weight is 324 g/mol. The third kappa shape index (κ3) is 19.3. The molecule has 0 bridgehead atoms. The van der Waals surface area contributed by atoms with Gasteiger partial charge in [-0.15, -0.1) is 0 Å². The molecule has 0 heterocycles. The molecule has 0 rings (SSSR count). The number of rotatable bonds is 17. The van der Waals surface area contributed by atoms with E-state index in [9.17, 15) is 9.59 Å². The van der Waals surface area contributed by atoms with Crippen LogP contribution in [0.15, 0.2) is 0 Å². The van der Waals surface area contributed by atoms with Gasteiger partial charge in [0.1, 0.15) is 6.29 Å². The molecule has 0 aliphatic rings. The van der Waals surface area contributed by atoms with Crippen molar-refractivity contribution in [1.29, 1.82) is 0 Å². The van der Waals surface area contributed by atoms with Gasteiger partial charge in [0.05, 0.1) is 59.3 Å². The van der Waals surface area contributed by atoms with Crippen LogP contribution in [0, 0.1) is 0 Å². The number of hydrogen-bond acceptors (Lipinski definition) is 7. The van der Waals surface area contributed by atoms with Gasteiger partial charge in [-0.1, -0.05) is 0 Å². The maximum atomic E-state index is 10.2. The van der Waals surface area contributed by atoms with Crippen LogP contribution in [0.1, 0.15) is 6.42 Å². The number of ether oxygens (including phenoxy) is 4. The molecule has 0 aromatic heterocycles. The molecule has 0 aliphatic heterocycles. The summed E-state index contributed by atoms with van der Waals surface area (Å²) >= 11 is 1.54.